The molecule has 3 heterocycles. The van der Waals surface area contributed by atoms with Crippen LogP contribution in [0.15, 0.2) is 176 Å². The molecule has 0 spiro atoms. The van der Waals surface area contributed by atoms with E-state index in [1.54, 1.807) is 0 Å². The Morgan fingerprint density at radius 1 is 0.320 bits per heavy atom. The zero-order valence-corrected chi connectivity index (χ0v) is 27.0. The minimum Gasteiger partial charge on any atom is -0.309 e. The first-order valence-corrected chi connectivity index (χ1v) is 16.8. The summed E-state index contributed by atoms with van der Waals surface area (Å²) in [6, 6.07) is 61.3. The van der Waals surface area contributed by atoms with Gasteiger partial charge in [0, 0.05) is 49.6 Å². The van der Waals surface area contributed by atoms with Crippen LogP contribution in [0.25, 0.3) is 89.2 Å². The van der Waals surface area contributed by atoms with Crippen LogP contribution in [0.1, 0.15) is 0 Å². The number of hydrogen-bond donors (Lipinski definition) is 0. The molecule has 10 rings (SSSR count). The summed E-state index contributed by atoms with van der Waals surface area (Å²) in [5.41, 5.74) is 9.55. The minimum atomic E-state index is 0.625. The summed E-state index contributed by atoms with van der Waals surface area (Å²) in [4.78, 5) is 15.5. The number of nitrogens with zero attached hydrogens (tertiary/aromatic N) is 5. The molecule has 0 aliphatic heterocycles. The second-order valence-electron chi connectivity index (χ2n) is 12.5. The fraction of sp³-hybridized carbons (Fsp3) is 0. The van der Waals surface area contributed by atoms with Gasteiger partial charge in [0.2, 0.25) is 0 Å². The lowest BCUT2D eigenvalue weighted by Crippen LogP contribution is -2.01. The van der Waals surface area contributed by atoms with E-state index < -0.39 is 0 Å². The van der Waals surface area contributed by atoms with Gasteiger partial charge in [-0.25, -0.2) is 15.0 Å². The molecule has 0 atom stereocenters. The molecule has 0 radical (unpaired) electrons. The van der Waals surface area contributed by atoms with E-state index in [0.29, 0.717) is 17.5 Å². The van der Waals surface area contributed by atoms with Gasteiger partial charge in [-0.1, -0.05) is 127 Å². The van der Waals surface area contributed by atoms with Crippen molar-refractivity contribution in [1.82, 2.24) is 24.1 Å². The van der Waals surface area contributed by atoms with Crippen molar-refractivity contribution in [2.45, 2.75) is 0 Å². The quantitative estimate of drug-likeness (QED) is 0.188. The van der Waals surface area contributed by atoms with E-state index >= 15 is 0 Å². The van der Waals surface area contributed by atoms with E-state index in [-0.39, 0.29) is 0 Å². The van der Waals surface area contributed by atoms with Crippen molar-refractivity contribution in [3.05, 3.63) is 176 Å². The van der Waals surface area contributed by atoms with E-state index in [2.05, 4.69) is 167 Å². The highest BCUT2D eigenvalue weighted by atomic mass is 15.0. The first-order chi connectivity index (χ1) is 24.8. The fourth-order valence-corrected chi connectivity index (χ4v) is 7.39. The van der Waals surface area contributed by atoms with Crippen molar-refractivity contribution in [2.24, 2.45) is 0 Å². The zero-order chi connectivity index (χ0) is 33.0. The molecule has 0 aliphatic rings. The van der Waals surface area contributed by atoms with E-state index in [0.717, 1.165) is 60.9 Å². The van der Waals surface area contributed by atoms with E-state index in [9.17, 15) is 0 Å². The SMILES string of the molecule is c1ccc(-c2nc(-c3cccc(-n4c5ccccc5c5ccccc54)c3)nc(-c3cccc4c3c3ccccc3n4-c3ccccc3)n2)cc1. The first-order valence-electron chi connectivity index (χ1n) is 16.8. The molecule has 5 nitrogen and oxygen atoms in total. The molecule has 5 heteroatoms. The maximum atomic E-state index is 5.24. The Morgan fingerprint density at radius 2 is 0.780 bits per heavy atom. The van der Waals surface area contributed by atoms with Gasteiger partial charge in [-0.05, 0) is 48.5 Å². The highest BCUT2D eigenvalue weighted by Gasteiger charge is 2.20. The first kappa shape index (κ1) is 28.2. The largest absolute Gasteiger partial charge is 0.309 e. The van der Waals surface area contributed by atoms with Gasteiger partial charge in [-0.2, -0.15) is 0 Å². The molecular weight excluding hydrogens is 611 g/mol. The summed E-state index contributed by atoms with van der Waals surface area (Å²) in [7, 11) is 0. The number of aromatic nitrogens is 5. The van der Waals surface area contributed by atoms with Crippen molar-refractivity contribution in [3.63, 3.8) is 0 Å². The molecular formula is C45H29N5. The average Bonchev–Trinajstić information content (AvgIpc) is 3.72. The monoisotopic (exact) mass is 639 g/mol. The summed E-state index contributed by atoms with van der Waals surface area (Å²) in [6.07, 6.45) is 0. The van der Waals surface area contributed by atoms with E-state index in [1.165, 1.54) is 10.8 Å². The highest BCUT2D eigenvalue weighted by molar-refractivity contribution is 6.15. The minimum absolute atomic E-state index is 0.625. The van der Waals surface area contributed by atoms with Crippen molar-refractivity contribution in [2.75, 3.05) is 0 Å². The Kier molecular flexibility index (Phi) is 6.42. The molecule has 0 amide bonds. The Balaban J connectivity index is 1.22. The molecule has 234 valence electrons. The number of benzene rings is 7. The lowest BCUT2D eigenvalue weighted by atomic mass is 10.1. The maximum Gasteiger partial charge on any atom is 0.164 e. The molecule has 0 fully saturated rings. The van der Waals surface area contributed by atoms with Crippen molar-refractivity contribution in [1.29, 1.82) is 0 Å². The van der Waals surface area contributed by atoms with E-state index in [4.69, 9.17) is 15.0 Å². The summed E-state index contributed by atoms with van der Waals surface area (Å²) >= 11 is 0. The molecule has 10 aromatic rings. The van der Waals surface area contributed by atoms with Gasteiger partial charge >= 0.3 is 0 Å². The molecule has 50 heavy (non-hydrogen) atoms. The van der Waals surface area contributed by atoms with Crippen LogP contribution in [0.3, 0.4) is 0 Å². The fourth-order valence-electron chi connectivity index (χ4n) is 7.39. The third-order valence-electron chi connectivity index (χ3n) is 9.56. The highest BCUT2D eigenvalue weighted by Crippen LogP contribution is 2.39. The Morgan fingerprint density at radius 3 is 1.48 bits per heavy atom. The van der Waals surface area contributed by atoms with Gasteiger partial charge in [0.1, 0.15) is 0 Å². The molecule has 0 saturated carbocycles. The lowest BCUT2D eigenvalue weighted by molar-refractivity contribution is 1.07. The Bertz CT molecular complexity index is 2810. The number of para-hydroxylation sites is 4. The number of hydrogen-bond acceptors (Lipinski definition) is 3. The number of rotatable bonds is 5. The summed E-state index contributed by atoms with van der Waals surface area (Å²) in [5.74, 6) is 1.90. The zero-order valence-electron chi connectivity index (χ0n) is 27.0. The molecule has 3 aromatic heterocycles. The van der Waals surface area contributed by atoms with Crippen LogP contribution in [-0.4, -0.2) is 24.1 Å². The van der Waals surface area contributed by atoms with Crippen LogP contribution < -0.4 is 0 Å². The summed E-state index contributed by atoms with van der Waals surface area (Å²) in [6.45, 7) is 0. The van der Waals surface area contributed by atoms with Gasteiger partial charge < -0.3 is 9.13 Å². The third kappa shape index (κ3) is 4.45. The van der Waals surface area contributed by atoms with Crippen LogP contribution in [0.5, 0.6) is 0 Å². The molecule has 7 aromatic carbocycles. The van der Waals surface area contributed by atoms with Gasteiger partial charge in [-0.3, -0.25) is 0 Å². The predicted octanol–water partition coefficient (Wildman–Crippen LogP) is 11.1. The maximum absolute atomic E-state index is 5.24. The van der Waals surface area contributed by atoms with E-state index in [1.807, 2.05) is 18.2 Å². The smallest absolute Gasteiger partial charge is 0.164 e. The van der Waals surface area contributed by atoms with Crippen molar-refractivity contribution >= 4 is 43.6 Å². The molecule has 0 unspecified atom stereocenters. The topological polar surface area (TPSA) is 48.5 Å². The summed E-state index contributed by atoms with van der Waals surface area (Å²) in [5, 5.41) is 4.72. The molecule has 0 N–H and O–H groups in total. The summed E-state index contributed by atoms with van der Waals surface area (Å²) < 4.78 is 4.65. The molecule has 0 saturated heterocycles. The van der Waals surface area contributed by atoms with Crippen LogP contribution in [-0.2, 0) is 0 Å². The van der Waals surface area contributed by atoms with Crippen molar-refractivity contribution < 1.29 is 0 Å². The van der Waals surface area contributed by atoms with Crippen LogP contribution >= 0.6 is 0 Å². The van der Waals surface area contributed by atoms with Crippen LogP contribution in [0.2, 0.25) is 0 Å². The van der Waals surface area contributed by atoms with Gasteiger partial charge in [0.05, 0.1) is 22.1 Å². The Hall–Kier alpha value is -6.85. The van der Waals surface area contributed by atoms with Crippen molar-refractivity contribution in [3.8, 4) is 45.5 Å². The number of fused-ring (bicyclic) bond motifs is 6. The van der Waals surface area contributed by atoms with Gasteiger partial charge in [0.25, 0.3) is 0 Å². The Labute approximate surface area is 288 Å². The van der Waals surface area contributed by atoms with Crippen LogP contribution in [0, 0.1) is 0 Å². The second kappa shape index (κ2) is 11.4. The standard InChI is InChI=1S/C45H29N5/c1-3-15-30(16-4-1)43-46-44(31-17-13-20-33(29-31)50-38-25-10-7-21-34(38)35-22-8-11-26-39(35)50)48-45(47-43)37-24-14-28-41-42(37)36-23-9-12-27-40(36)49(41)32-18-5-2-6-19-32/h1-29H. The normalized spacial score (nSPS) is 11.6. The van der Waals surface area contributed by atoms with Gasteiger partial charge in [-0.15, -0.1) is 0 Å². The molecule has 0 bridgehead atoms. The second-order valence-corrected chi connectivity index (χ2v) is 12.5. The predicted molar refractivity (Wildman–Crippen MR) is 205 cm³/mol. The average molecular weight is 640 g/mol. The lowest BCUT2D eigenvalue weighted by Gasteiger charge is -2.12. The molecule has 0 aliphatic carbocycles. The van der Waals surface area contributed by atoms with Crippen LogP contribution in [0.4, 0.5) is 0 Å². The third-order valence-corrected chi connectivity index (χ3v) is 9.56. The van der Waals surface area contributed by atoms with Gasteiger partial charge in [0.15, 0.2) is 17.5 Å².